The maximum Gasteiger partial charge on any atom is 0.416 e. The summed E-state index contributed by atoms with van der Waals surface area (Å²) in [7, 11) is 0. The van der Waals surface area contributed by atoms with Gasteiger partial charge >= 0.3 is 6.18 Å². The van der Waals surface area contributed by atoms with Gasteiger partial charge in [-0.25, -0.2) is 15.0 Å². The molecule has 0 N–H and O–H groups in total. The first-order valence-corrected chi connectivity index (χ1v) is 31.2. The van der Waals surface area contributed by atoms with Crippen molar-refractivity contribution in [2.45, 2.75) is 61.6 Å². The van der Waals surface area contributed by atoms with E-state index in [1.807, 2.05) is 78.9 Å². The first-order chi connectivity index (χ1) is 44.4. The zero-order valence-corrected chi connectivity index (χ0v) is 52.5. The molecule has 0 radical (unpaired) electrons. The minimum atomic E-state index is -4.71. The Hall–Kier alpha value is -11.0. The van der Waals surface area contributed by atoms with Gasteiger partial charge in [0.15, 0.2) is 17.5 Å². The second-order valence-electron chi connectivity index (χ2n) is 25.1. The van der Waals surface area contributed by atoms with E-state index in [9.17, 15) is 0 Å². The van der Waals surface area contributed by atoms with E-state index in [1.54, 1.807) is 6.07 Å². The molecular weight excluding hydrogens is 1140 g/mol. The number of benzene rings is 12. The normalized spacial score (nSPS) is 11.9. The minimum absolute atomic E-state index is 0.363. The average molecular weight is 1200 g/mol. The zero-order chi connectivity index (χ0) is 63.3. The van der Waals surface area contributed by atoms with Gasteiger partial charge in [0.1, 0.15) is 0 Å². The van der Waals surface area contributed by atoms with Crippen LogP contribution in [0, 0.1) is 55.4 Å². The molecule has 3 heterocycles. The van der Waals surface area contributed by atoms with Gasteiger partial charge in [0.05, 0.1) is 39.0 Å². The van der Waals surface area contributed by atoms with Gasteiger partial charge in [-0.15, -0.1) is 0 Å². The van der Waals surface area contributed by atoms with Crippen LogP contribution >= 0.6 is 0 Å². The summed E-state index contributed by atoms with van der Waals surface area (Å²) >= 11 is 0. The van der Waals surface area contributed by atoms with Crippen molar-refractivity contribution in [2.75, 3.05) is 0 Å². The van der Waals surface area contributed by atoms with E-state index < -0.39 is 11.7 Å². The Morgan fingerprint density at radius 1 is 0.250 bits per heavy atom. The van der Waals surface area contributed by atoms with E-state index in [4.69, 9.17) is 15.0 Å². The molecule has 446 valence electrons. The maximum atomic E-state index is 16.0. The largest absolute Gasteiger partial charge is 0.416 e. The monoisotopic (exact) mass is 1200 g/mol. The third kappa shape index (κ3) is 10.6. The summed E-state index contributed by atoms with van der Waals surface area (Å²) in [5.41, 5.74) is 24.9. The van der Waals surface area contributed by atoms with Gasteiger partial charge in [0, 0.05) is 49.4 Å². The Morgan fingerprint density at radius 3 is 0.848 bits per heavy atom. The van der Waals surface area contributed by atoms with Crippen molar-refractivity contribution < 1.29 is 13.2 Å². The predicted molar refractivity (Wildman–Crippen MR) is 375 cm³/mol. The molecule has 15 rings (SSSR count). The molecule has 0 amide bonds. The highest BCUT2D eigenvalue weighted by Crippen LogP contribution is 2.47. The number of aromatic nitrogens is 5. The van der Waals surface area contributed by atoms with Gasteiger partial charge in [0.25, 0.3) is 0 Å². The lowest BCUT2D eigenvalue weighted by molar-refractivity contribution is -0.137. The zero-order valence-electron chi connectivity index (χ0n) is 52.5. The second kappa shape index (κ2) is 22.5. The lowest BCUT2D eigenvalue weighted by atomic mass is 9.95. The number of nitrogens with zero attached hydrogens (tertiary/aromatic N) is 5. The summed E-state index contributed by atoms with van der Waals surface area (Å²) in [5, 5.41) is 3.94. The van der Waals surface area contributed by atoms with Gasteiger partial charge in [0.2, 0.25) is 0 Å². The van der Waals surface area contributed by atoms with E-state index in [0.717, 1.165) is 144 Å². The van der Waals surface area contributed by atoms with Crippen molar-refractivity contribution >= 4 is 43.6 Å². The highest BCUT2D eigenvalue weighted by Gasteiger charge is 2.33. The number of rotatable bonds is 10. The van der Waals surface area contributed by atoms with Crippen LogP contribution in [-0.2, 0) is 6.18 Å². The lowest BCUT2D eigenvalue weighted by Gasteiger charge is -2.21. The molecule has 12 aromatic carbocycles. The van der Waals surface area contributed by atoms with Crippen LogP contribution in [0.15, 0.2) is 243 Å². The van der Waals surface area contributed by atoms with Crippen molar-refractivity contribution in [1.29, 1.82) is 0 Å². The first kappa shape index (κ1) is 57.5. The molecule has 0 spiro atoms. The lowest BCUT2D eigenvalue weighted by Crippen LogP contribution is -2.08. The summed E-state index contributed by atoms with van der Waals surface area (Å²) in [6, 6.07) is 82.5. The Balaban J connectivity index is 1.06. The SMILES string of the molecule is Cc1cc(C)cc(-c2ccc3c(c2)c2cc(-c4cc(C)cc(C)c4)ccc2n3-c2ccc(-c3nc(-c4ccccc4)nc(-c4ccccc4)n3)cc2-c2cc(C(F)(F)F)ccc2-n2c3ccc(-c4cc(C)cc(C)c4)cc3c3cc(-c4cc(C)cc(C)c4)ccc32)c1. The van der Waals surface area contributed by atoms with Crippen molar-refractivity contribution in [2.24, 2.45) is 0 Å². The molecule has 15 aromatic rings. The fourth-order valence-electron chi connectivity index (χ4n) is 14.0. The molecule has 0 atom stereocenters. The molecule has 0 saturated heterocycles. The quantitative estimate of drug-likeness (QED) is 0.137. The van der Waals surface area contributed by atoms with E-state index >= 15 is 13.2 Å². The maximum absolute atomic E-state index is 16.0. The minimum Gasteiger partial charge on any atom is -0.309 e. The molecule has 0 aliphatic rings. The van der Waals surface area contributed by atoms with Gasteiger partial charge in [-0.3, -0.25) is 0 Å². The first-order valence-electron chi connectivity index (χ1n) is 31.2. The fraction of sp³-hybridized carbons (Fsp3) is 0.107. The predicted octanol–water partition coefficient (Wildman–Crippen LogP) is 22.9. The van der Waals surface area contributed by atoms with Crippen molar-refractivity contribution in [3.05, 3.63) is 293 Å². The summed E-state index contributed by atoms with van der Waals surface area (Å²) in [6.45, 7) is 17.0. The highest BCUT2D eigenvalue weighted by molar-refractivity contribution is 6.14. The third-order valence-electron chi connectivity index (χ3n) is 17.8. The Bertz CT molecular complexity index is 5120. The number of fused-ring (bicyclic) bond motifs is 6. The molecular formula is C84H64F3N5. The van der Waals surface area contributed by atoms with E-state index in [1.165, 1.54) is 12.1 Å². The summed E-state index contributed by atoms with van der Waals surface area (Å²) in [5.74, 6) is 1.30. The van der Waals surface area contributed by atoms with Crippen LogP contribution in [0.4, 0.5) is 13.2 Å². The number of aryl methyl sites for hydroxylation is 8. The molecule has 0 aliphatic carbocycles. The molecule has 0 aliphatic heterocycles. The Kier molecular flexibility index (Phi) is 14.1. The molecule has 5 nitrogen and oxygen atoms in total. The molecule has 0 saturated carbocycles. The Labute approximate surface area is 533 Å². The summed E-state index contributed by atoms with van der Waals surface area (Å²) in [4.78, 5) is 15.5. The van der Waals surface area contributed by atoms with Gasteiger partial charge in [-0.1, -0.05) is 202 Å². The second-order valence-corrected chi connectivity index (χ2v) is 25.1. The number of alkyl halides is 3. The highest BCUT2D eigenvalue weighted by atomic mass is 19.4. The van der Waals surface area contributed by atoms with E-state index in [-0.39, 0.29) is 0 Å². The number of hydrogen-bond donors (Lipinski definition) is 0. The molecule has 92 heavy (non-hydrogen) atoms. The average Bonchev–Trinajstić information content (AvgIpc) is 1.82. The molecule has 8 heteroatoms. The summed E-state index contributed by atoms with van der Waals surface area (Å²) < 4.78 is 52.3. The summed E-state index contributed by atoms with van der Waals surface area (Å²) in [6.07, 6.45) is -4.71. The van der Waals surface area contributed by atoms with Gasteiger partial charge < -0.3 is 9.13 Å². The van der Waals surface area contributed by atoms with E-state index in [0.29, 0.717) is 45.5 Å². The fourth-order valence-corrected chi connectivity index (χ4v) is 14.0. The number of hydrogen-bond acceptors (Lipinski definition) is 3. The van der Waals surface area contributed by atoms with Crippen molar-refractivity contribution in [3.8, 4) is 101 Å². The Morgan fingerprint density at radius 2 is 0.533 bits per heavy atom. The van der Waals surface area contributed by atoms with Crippen molar-refractivity contribution in [1.82, 2.24) is 24.1 Å². The van der Waals surface area contributed by atoms with Crippen LogP contribution < -0.4 is 0 Å². The third-order valence-corrected chi connectivity index (χ3v) is 17.8. The standard InChI is InChI=1S/C84H64F3N5/c1-49-31-50(2)36-64(35-49)59-19-25-75-69(43-59)70-44-60(65-37-51(3)32-52(4)38-65)20-26-76(70)91(75)79-29-23-63(83-89-81(57-15-11-9-12-16-57)88-82(90-83)58-17-13-10-14-18-58)47-73(79)74-48-68(84(85,86)87)24-30-80(74)92-77-27-21-61(66-39-53(5)33-54(6)40-66)45-71(77)72-46-62(22-28-78(72)92)67-41-55(7)34-56(8)42-67/h9-48H,1-8H3. The van der Waals surface area contributed by atoms with Gasteiger partial charge in [-0.05, 0) is 185 Å². The molecule has 0 unspecified atom stereocenters. The molecule has 3 aromatic heterocycles. The smallest absolute Gasteiger partial charge is 0.309 e. The molecule has 0 fully saturated rings. The van der Waals surface area contributed by atoms with Crippen LogP contribution in [0.3, 0.4) is 0 Å². The van der Waals surface area contributed by atoms with Crippen molar-refractivity contribution in [3.63, 3.8) is 0 Å². The van der Waals surface area contributed by atoms with Crippen LogP contribution in [0.25, 0.3) is 145 Å². The molecule has 0 bridgehead atoms. The van der Waals surface area contributed by atoms with Gasteiger partial charge in [-0.2, -0.15) is 13.2 Å². The van der Waals surface area contributed by atoms with E-state index in [2.05, 4.69) is 210 Å². The topological polar surface area (TPSA) is 48.5 Å². The van der Waals surface area contributed by atoms with Crippen LogP contribution in [0.2, 0.25) is 0 Å². The van der Waals surface area contributed by atoms with Crippen LogP contribution in [0.5, 0.6) is 0 Å². The number of halogens is 3. The van der Waals surface area contributed by atoms with Crippen LogP contribution in [0.1, 0.15) is 50.1 Å². The van der Waals surface area contributed by atoms with Crippen LogP contribution in [-0.4, -0.2) is 24.1 Å².